The van der Waals surface area contributed by atoms with Gasteiger partial charge in [-0.15, -0.1) is 0 Å². The topological polar surface area (TPSA) is 66.4 Å². The zero-order valence-electron chi connectivity index (χ0n) is 15.1. The van der Waals surface area contributed by atoms with Gasteiger partial charge in [-0.2, -0.15) is 0 Å². The summed E-state index contributed by atoms with van der Waals surface area (Å²) in [7, 11) is 0. The van der Waals surface area contributed by atoms with Crippen LogP contribution in [0.2, 0.25) is 0 Å². The molecule has 134 valence electrons. The van der Waals surface area contributed by atoms with E-state index in [1.807, 2.05) is 0 Å². The van der Waals surface area contributed by atoms with Crippen molar-refractivity contribution in [1.82, 2.24) is 0 Å². The first-order valence-corrected chi connectivity index (χ1v) is 9.18. The molecule has 0 heterocycles. The molecule has 1 amide bonds. The molecule has 0 bridgehead atoms. The van der Waals surface area contributed by atoms with Crippen molar-refractivity contribution in [2.75, 3.05) is 5.32 Å². The number of nitrogens with one attached hydrogen (secondary N) is 1. The van der Waals surface area contributed by atoms with Crippen LogP contribution in [0.25, 0.3) is 0 Å². The molecule has 1 rings (SSSR count). The lowest BCUT2D eigenvalue weighted by Crippen LogP contribution is -2.12. The van der Waals surface area contributed by atoms with Crippen molar-refractivity contribution in [2.24, 2.45) is 0 Å². The van der Waals surface area contributed by atoms with Crippen LogP contribution >= 0.6 is 0 Å². The quantitative estimate of drug-likeness (QED) is 0.493. The molecule has 1 aromatic carbocycles. The fourth-order valence-corrected chi connectivity index (χ4v) is 2.75. The number of anilines is 1. The van der Waals surface area contributed by atoms with Crippen molar-refractivity contribution in [2.45, 2.75) is 78.1 Å². The number of amides is 1. The summed E-state index contributed by atoms with van der Waals surface area (Å²) < 4.78 is 0. The number of rotatable bonds is 12. The number of carbonyl (C=O) groups is 2. The van der Waals surface area contributed by atoms with Crippen molar-refractivity contribution in [3.05, 3.63) is 29.3 Å². The number of carbonyl (C=O) groups excluding carboxylic acids is 1. The van der Waals surface area contributed by atoms with E-state index in [-0.39, 0.29) is 11.5 Å². The van der Waals surface area contributed by atoms with Gasteiger partial charge in [-0.05, 0) is 37.1 Å². The number of carboxylic acid groups (broad SMARTS) is 1. The third-order valence-corrected chi connectivity index (χ3v) is 4.25. The first-order valence-electron chi connectivity index (χ1n) is 9.18. The molecular formula is C20H31NO3. The highest BCUT2D eigenvalue weighted by molar-refractivity contribution is 5.93. The molecule has 0 aliphatic rings. The molecular weight excluding hydrogens is 302 g/mol. The SMILES string of the molecule is CCCCCCCCCCCC(=O)Nc1ccc(C(=O)O)cc1C. The molecule has 2 N–H and O–H groups in total. The van der Waals surface area contributed by atoms with Gasteiger partial charge < -0.3 is 10.4 Å². The molecule has 0 radical (unpaired) electrons. The second kappa shape index (κ2) is 11.7. The molecule has 0 saturated heterocycles. The molecule has 0 aliphatic carbocycles. The van der Waals surface area contributed by atoms with Crippen molar-refractivity contribution in [1.29, 1.82) is 0 Å². The minimum absolute atomic E-state index is 0.00382. The molecule has 0 aromatic heterocycles. The molecule has 4 nitrogen and oxygen atoms in total. The van der Waals surface area contributed by atoms with Crippen LogP contribution in [-0.4, -0.2) is 17.0 Å². The Balaban J connectivity index is 2.17. The van der Waals surface area contributed by atoms with Crippen LogP contribution in [-0.2, 0) is 4.79 Å². The molecule has 0 saturated carbocycles. The van der Waals surface area contributed by atoms with E-state index in [2.05, 4.69) is 12.2 Å². The van der Waals surface area contributed by atoms with Gasteiger partial charge in [0.1, 0.15) is 0 Å². The number of carboxylic acids is 1. The summed E-state index contributed by atoms with van der Waals surface area (Å²) in [4.78, 5) is 22.9. The van der Waals surface area contributed by atoms with Crippen molar-refractivity contribution >= 4 is 17.6 Å². The summed E-state index contributed by atoms with van der Waals surface area (Å²) >= 11 is 0. The van der Waals surface area contributed by atoms with Gasteiger partial charge in [-0.25, -0.2) is 4.79 Å². The van der Waals surface area contributed by atoms with E-state index in [0.717, 1.165) is 18.4 Å². The summed E-state index contributed by atoms with van der Waals surface area (Å²) in [5.74, 6) is -0.949. The van der Waals surface area contributed by atoms with Crippen LogP contribution in [0.3, 0.4) is 0 Å². The number of hydrogen-bond donors (Lipinski definition) is 2. The first kappa shape index (κ1) is 20.2. The highest BCUT2D eigenvalue weighted by atomic mass is 16.4. The predicted molar refractivity (Wildman–Crippen MR) is 98.6 cm³/mol. The summed E-state index contributed by atoms with van der Waals surface area (Å²) in [6, 6.07) is 4.76. The lowest BCUT2D eigenvalue weighted by atomic mass is 10.1. The average Bonchev–Trinajstić information content (AvgIpc) is 2.55. The van der Waals surface area contributed by atoms with Gasteiger partial charge in [0.05, 0.1) is 5.56 Å². The van der Waals surface area contributed by atoms with E-state index >= 15 is 0 Å². The Hall–Kier alpha value is -1.84. The minimum atomic E-state index is -0.953. The molecule has 4 heteroatoms. The Kier molecular flexibility index (Phi) is 9.81. The summed E-state index contributed by atoms with van der Waals surface area (Å²) in [6.07, 6.45) is 11.6. The maximum atomic E-state index is 12.0. The van der Waals surface area contributed by atoms with Gasteiger partial charge in [0.25, 0.3) is 0 Å². The Morgan fingerprint density at radius 2 is 1.54 bits per heavy atom. The molecule has 0 unspecified atom stereocenters. The molecule has 0 spiro atoms. The molecule has 0 atom stereocenters. The Labute approximate surface area is 145 Å². The zero-order chi connectivity index (χ0) is 17.8. The third-order valence-electron chi connectivity index (χ3n) is 4.25. The smallest absolute Gasteiger partial charge is 0.335 e. The van der Waals surface area contributed by atoms with Gasteiger partial charge in [0.2, 0.25) is 5.91 Å². The van der Waals surface area contributed by atoms with Crippen molar-refractivity contribution < 1.29 is 14.7 Å². The van der Waals surface area contributed by atoms with Gasteiger partial charge >= 0.3 is 5.97 Å². The van der Waals surface area contributed by atoms with Crippen molar-refractivity contribution in [3.8, 4) is 0 Å². The van der Waals surface area contributed by atoms with Gasteiger partial charge in [0, 0.05) is 12.1 Å². The highest BCUT2D eigenvalue weighted by Gasteiger charge is 2.08. The second-order valence-corrected chi connectivity index (χ2v) is 6.46. The second-order valence-electron chi connectivity index (χ2n) is 6.46. The summed E-state index contributed by atoms with van der Waals surface area (Å²) in [5.41, 5.74) is 1.71. The number of hydrogen-bond acceptors (Lipinski definition) is 2. The van der Waals surface area contributed by atoms with E-state index in [0.29, 0.717) is 12.1 Å². The predicted octanol–water partition coefficient (Wildman–Crippen LogP) is 5.55. The Morgan fingerprint density at radius 3 is 2.08 bits per heavy atom. The van der Waals surface area contributed by atoms with E-state index < -0.39 is 5.97 Å². The third kappa shape index (κ3) is 8.14. The standard InChI is InChI=1S/C20H31NO3/c1-3-4-5-6-7-8-9-10-11-12-19(22)21-18-14-13-17(20(23)24)15-16(18)2/h13-15H,3-12H2,1-2H3,(H,21,22)(H,23,24). The minimum Gasteiger partial charge on any atom is -0.478 e. The van der Waals surface area contributed by atoms with E-state index in [1.54, 1.807) is 19.1 Å². The van der Waals surface area contributed by atoms with Gasteiger partial charge in [0.15, 0.2) is 0 Å². The highest BCUT2D eigenvalue weighted by Crippen LogP contribution is 2.17. The Morgan fingerprint density at radius 1 is 0.958 bits per heavy atom. The summed E-state index contributed by atoms with van der Waals surface area (Å²) in [5, 5.41) is 11.8. The molecule has 1 aromatic rings. The molecule has 0 aliphatic heterocycles. The molecule has 24 heavy (non-hydrogen) atoms. The number of benzene rings is 1. The van der Waals surface area contributed by atoms with Crippen LogP contribution < -0.4 is 5.32 Å². The number of aryl methyl sites for hydroxylation is 1. The summed E-state index contributed by atoms with van der Waals surface area (Å²) in [6.45, 7) is 4.04. The lowest BCUT2D eigenvalue weighted by molar-refractivity contribution is -0.116. The monoisotopic (exact) mass is 333 g/mol. The number of unbranched alkanes of at least 4 members (excludes halogenated alkanes) is 8. The number of aromatic carboxylic acids is 1. The van der Waals surface area contributed by atoms with E-state index in [4.69, 9.17) is 5.11 Å². The average molecular weight is 333 g/mol. The van der Waals surface area contributed by atoms with Crippen molar-refractivity contribution in [3.63, 3.8) is 0 Å². The zero-order valence-corrected chi connectivity index (χ0v) is 15.1. The largest absolute Gasteiger partial charge is 0.478 e. The van der Waals surface area contributed by atoms with Crippen LogP contribution in [0, 0.1) is 6.92 Å². The van der Waals surface area contributed by atoms with Crippen LogP contribution in [0.5, 0.6) is 0 Å². The first-order chi connectivity index (χ1) is 11.5. The van der Waals surface area contributed by atoms with Crippen LogP contribution in [0.4, 0.5) is 5.69 Å². The van der Waals surface area contributed by atoms with E-state index in [1.165, 1.54) is 51.0 Å². The van der Waals surface area contributed by atoms with Crippen LogP contribution in [0.1, 0.15) is 87.1 Å². The maximum Gasteiger partial charge on any atom is 0.335 e. The lowest BCUT2D eigenvalue weighted by Gasteiger charge is -2.09. The van der Waals surface area contributed by atoms with Crippen LogP contribution in [0.15, 0.2) is 18.2 Å². The van der Waals surface area contributed by atoms with Gasteiger partial charge in [-0.3, -0.25) is 4.79 Å². The maximum absolute atomic E-state index is 12.0. The fourth-order valence-electron chi connectivity index (χ4n) is 2.75. The van der Waals surface area contributed by atoms with E-state index in [9.17, 15) is 9.59 Å². The van der Waals surface area contributed by atoms with Gasteiger partial charge in [-0.1, -0.05) is 58.3 Å². The fraction of sp³-hybridized carbons (Fsp3) is 0.600. The Bertz CT molecular complexity index is 526. The normalized spacial score (nSPS) is 10.6. The molecule has 0 fully saturated rings.